The normalized spacial score (nSPS) is 13.9. The summed E-state index contributed by atoms with van der Waals surface area (Å²) in [4.78, 5) is 33.7. The van der Waals surface area contributed by atoms with Gasteiger partial charge in [-0.05, 0) is 51.4 Å². The van der Waals surface area contributed by atoms with Gasteiger partial charge in [0.25, 0.3) is 0 Å². The first-order valence-electron chi connectivity index (χ1n) is 27.0. The summed E-state index contributed by atoms with van der Waals surface area (Å²) >= 11 is 0. The molecule has 0 radical (unpaired) electrons. The van der Waals surface area contributed by atoms with Crippen molar-refractivity contribution < 1.29 is 42.7 Å². The Morgan fingerprint density at radius 1 is 0.492 bits per heavy atom. The molecule has 0 heterocycles. The van der Waals surface area contributed by atoms with E-state index in [9.17, 15) is 19.0 Å². The van der Waals surface area contributed by atoms with Crippen LogP contribution in [0.5, 0.6) is 0 Å². The second kappa shape index (κ2) is 50.1. The number of rotatable bonds is 52. The van der Waals surface area contributed by atoms with Crippen molar-refractivity contribution in [2.24, 2.45) is 5.73 Å². The molecule has 0 saturated heterocycles. The van der Waals surface area contributed by atoms with Crippen molar-refractivity contribution in [1.82, 2.24) is 0 Å². The van der Waals surface area contributed by atoms with Gasteiger partial charge in [0.05, 0.1) is 19.8 Å². The van der Waals surface area contributed by atoms with E-state index in [4.69, 9.17) is 29.4 Å². The average Bonchev–Trinajstić information content (AvgIpc) is 3.29. The van der Waals surface area contributed by atoms with Crippen molar-refractivity contribution >= 4 is 19.8 Å². The molecule has 3 atom stereocenters. The van der Waals surface area contributed by atoms with Gasteiger partial charge in [0.2, 0.25) is 0 Å². The highest BCUT2D eigenvalue weighted by Gasteiger charge is 2.27. The molecule has 3 unspecified atom stereocenters. The Morgan fingerprint density at radius 3 is 1.26 bits per heavy atom. The molecule has 10 nitrogen and oxygen atoms in total. The molecule has 0 saturated carbocycles. The lowest BCUT2D eigenvalue weighted by molar-refractivity contribution is -0.154. The van der Waals surface area contributed by atoms with Crippen LogP contribution in [0.25, 0.3) is 0 Å². The van der Waals surface area contributed by atoms with Crippen molar-refractivity contribution in [3.63, 3.8) is 0 Å². The molecule has 0 aliphatic heterocycles. The summed E-state index contributed by atoms with van der Waals surface area (Å²) in [6.45, 7) is 3.91. The lowest BCUT2D eigenvalue weighted by atomic mass is 10.0. The van der Waals surface area contributed by atoms with Crippen LogP contribution in [0.15, 0.2) is 36.5 Å². The maximum absolute atomic E-state index is 12.7. The van der Waals surface area contributed by atoms with Crippen molar-refractivity contribution in [2.75, 3.05) is 26.4 Å². The maximum Gasteiger partial charge on any atom is 0.472 e. The van der Waals surface area contributed by atoms with Gasteiger partial charge in [-0.1, -0.05) is 237 Å². The van der Waals surface area contributed by atoms with E-state index in [1.165, 1.54) is 180 Å². The summed E-state index contributed by atoms with van der Waals surface area (Å²) in [6, 6.07) is -1.47. The molecule has 0 rings (SSSR count). The Labute approximate surface area is 399 Å². The number of unbranched alkanes of at least 4 members (excludes halogenated alkanes) is 32. The van der Waals surface area contributed by atoms with E-state index >= 15 is 0 Å². The third-order valence-electron chi connectivity index (χ3n) is 11.9. The van der Waals surface area contributed by atoms with Gasteiger partial charge in [-0.2, -0.15) is 0 Å². The predicted octanol–water partition coefficient (Wildman–Crippen LogP) is 16.0. The van der Waals surface area contributed by atoms with Crippen LogP contribution in [0.2, 0.25) is 0 Å². The Morgan fingerprint density at radius 2 is 0.846 bits per heavy atom. The van der Waals surface area contributed by atoms with Gasteiger partial charge in [-0.25, -0.2) is 4.57 Å². The molecule has 382 valence electrons. The molecular weight excluding hydrogens is 838 g/mol. The molecule has 0 aromatic carbocycles. The zero-order valence-electron chi connectivity index (χ0n) is 42.1. The third-order valence-corrected chi connectivity index (χ3v) is 12.9. The van der Waals surface area contributed by atoms with Crippen molar-refractivity contribution in [3.8, 4) is 0 Å². The van der Waals surface area contributed by atoms with Gasteiger partial charge in [0.15, 0.2) is 0 Å². The topological polar surface area (TPSA) is 155 Å². The number of nitrogens with two attached hydrogens (primary N) is 1. The van der Waals surface area contributed by atoms with Gasteiger partial charge >= 0.3 is 19.8 Å². The first-order valence-corrected chi connectivity index (χ1v) is 28.5. The number of phosphoric acid groups is 1. The Hall–Kier alpha value is -1.81. The van der Waals surface area contributed by atoms with Gasteiger partial charge < -0.3 is 25.2 Å². The smallest absolute Gasteiger partial charge is 0.472 e. The molecule has 0 fully saturated rings. The molecule has 11 heteroatoms. The lowest BCUT2D eigenvalue weighted by Crippen LogP contribution is -2.34. The summed E-state index contributed by atoms with van der Waals surface area (Å²) in [5.41, 5.74) is 5.38. The molecule has 65 heavy (non-hydrogen) atoms. The minimum Gasteiger partial charge on any atom is -0.480 e. The largest absolute Gasteiger partial charge is 0.480 e. The molecule has 0 aromatic rings. The molecule has 0 amide bonds. The molecule has 0 aliphatic carbocycles. The van der Waals surface area contributed by atoms with Crippen LogP contribution in [-0.4, -0.2) is 60.5 Å². The second-order valence-electron chi connectivity index (χ2n) is 18.4. The van der Waals surface area contributed by atoms with E-state index in [1.807, 2.05) is 0 Å². The molecule has 0 aromatic heterocycles. The number of carboxylic acid groups (broad SMARTS) is 1. The molecule has 4 N–H and O–H groups in total. The fourth-order valence-electron chi connectivity index (χ4n) is 7.73. The number of aliphatic carboxylic acids is 1. The minimum absolute atomic E-state index is 0.0163. The highest BCUT2D eigenvalue weighted by Crippen LogP contribution is 2.43. The van der Waals surface area contributed by atoms with E-state index in [-0.39, 0.29) is 13.0 Å². The first kappa shape index (κ1) is 63.2. The number of hydrogen-bond donors (Lipinski definition) is 3. The van der Waals surface area contributed by atoms with Gasteiger partial charge in [0, 0.05) is 13.0 Å². The zero-order valence-corrected chi connectivity index (χ0v) is 43.0. The Balaban J connectivity index is 4.10. The number of hydrogen-bond acceptors (Lipinski definition) is 8. The molecule has 0 spiro atoms. The lowest BCUT2D eigenvalue weighted by Gasteiger charge is -2.20. The van der Waals surface area contributed by atoms with E-state index in [0.717, 1.165) is 51.4 Å². The van der Waals surface area contributed by atoms with Crippen LogP contribution < -0.4 is 5.73 Å². The fourth-order valence-corrected chi connectivity index (χ4v) is 8.51. The van der Waals surface area contributed by atoms with Crippen LogP contribution in [-0.2, 0) is 32.7 Å². The average molecular weight is 940 g/mol. The number of carbonyl (C=O) groups is 2. The maximum atomic E-state index is 12.7. The van der Waals surface area contributed by atoms with E-state index in [0.29, 0.717) is 13.0 Å². The van der Waals surface area contributed by atoms with Gasteiger partial charge in [-0.3, -0.25) is 18.6 Å². The Bertz CT molecular complexity index is 1180. The van der Waals surface area contributed by atoms with Crippen molar-refractivity contribution in [3.05, 3.63) is 36.5 Å². The fraction of sp³-hybridized carbons (Fsp3) is 0.852. The number of carbonyl (C=O) groups excluding carboxylic acids is 1. The summed E-state index contributed by atoms with van der Waals surface area (Å²) in [5, 5.41) is 8.94. The number of phosphoric ester groups is 1. The predicted molar refractivity (Wildman–Crippen MR) is 272 cm³/mol. The molecular formula is C54H102NO9P. The summed E-state index contributed by atoms with van der Waals surface area (Å²) in [7, 11) is -4.62. The monoisotopic (exact) mass is 940 g/mol. The van der Waals surface area contributed by atoms with Crippen LogP contribution in [0.1, 0.15) is 258 Å². The van der Waals surface area contributed by atoms with Crippen molar-refractivity contribution in [1.29, 1.82) is 0 Å². The van der Waals surface area contributed by atoms with Gasteiger partial charge in [0.1, 0.15) is 12.1 Å². The van der Waals surface area contributed by atoms with Crippen LogP contribution in [0.4, 0.5) is 0 Å². The summed E-state index contributed by atoms with van der Waals surface area (Å²) < 4.78 is 33.6. The highest BCUT2D eigenvalue weighted by molar-refractivity contribution is 7.47. The van der Waals surface area contributed by atoms with Crippen molar-refractivity contribution in [2.45, 2.75) is 270 Å². The zero-order chi connectivity index (χ0) is 47.6. The minimum atomic E-state index is -4.62. The third kappa shape index (κ3) is 49.9. The second-order valence-corrected chi connectivity index (χ2v) is 19.8. The number of ether oxygens (including phenoxy) is 2. The van der Waals surface area contributed by atoms with Crippen LogP contribution >= 0.6 is 7.82 Å². The highest BCUT2D eigenvalue weighted by atomic mass is 31.2. The molecule has 0 aliphatic rings. The number of esters is 1. The van der Waals surface area contributed by atoms with Gasteiger partial charge in [-0.15, -0.1) is 0 Å². The van der Waals surface area contributed by atoms with E-state index in [1.54, 1.807) is 0 Å². The van der Waals surface area contributed by atoms with E-state index < -0.39 is 45.1 Å². The number of carboxylic acids is 1. The number of allylic oxidation sites excluding steroid dienone is 6. The van der Waals surface area contributed by atoms with Crippen LogP contribution in [0, 0.1) is 0 Å². The summed E-state index contributed by atoms with van der Waals surface area (Å²) in [6.07, 6.45) is 59.2. The van der Waals surface area contributed by atoms with Crippen LogP contribution in [0.3, 0.4) is 0 Å². The first-order chi connectivity index (χ1) is 31.7. The summed E-state index contributed by atoms with van der Waals surface area (Å²) in [5.74, 6) is -1.77. The quantitative estimate of drug-likeness (QED) is 0.0232. The van der Waals surface area contributed by atoms with E-state index in [2.05, 4.69) is 50.3 Å². The molecule has 0 bridgehead atoms. The standard InChI is InChI=1S/C54H102NO9P/c1-3-5-7-9-11-13-15-17-19-21-23-24-25-26-27-29-31-33-35-37-39-41-43-45-47-61-48-51(49-62-65(59,60)63-50-52(55)54(57)58)64-53(56)46-44-42-40-38-36-34-32-30-28-22-20-18-16-14-12-10-8-6-4-2/h15,17,21,23,25-26,51-52H,3-14,16,18-20,22,24,27-50,55H2,1-2H3,(H,57,58)(H,59,60)/b17-15-,23-21-,26-25-. The SMILES string of the molecule is CCCCCCC/C=C\C/C=C\C/C=C\CCCCCCCCCCCOCC(COP(=O)(O)OCC(N)C(=O)O)OC(=O)CCCCCCCCCCCCCCCCCCCCC. The Kier molecular flexibility index (Phi) is 48.7.